The number of alkyl halides is 3. The summed E-state index contributed by atoms with van der Waals surface area (Å²) in [4.78, 5) is 17.7. The third kappa shape index (κ3) is 5.60. The number of hydrogen-bond acceptors (Lipinski definition) is 6. The van der Waals surface area contributed by atoms with Crippen molar-refractivity contribution in [2.24, 2.45) is 0 Å². The average molecular weight is 477 g/mol. The van der Waals surface area contributed by atoms with Gasteiger partial charge in [-0.2, -0.15) is 13.2 Å². The molecule has 2 heterocycles. The van der Waals surface area contributed by atoms with E-state index in [1.54, 1.807) is 0 Å². The number of amides is 1. The summed E-state index contributed by atoms with van der Waals surface area (Å²) in [6, 6.07) is 11.3. The Morgan fingerprint density at radius 3 is 2.35 bits per heavy atom. The van der Waals surface area contributed by atoms with Crippen molar-refractivity contribution >= 4 is 12.1 Å². The van der Waals surface area contributed by atoms with Gasteiger partial charge in [0.15, 0.2) is 0 Å². The molecule has 1 aromatic heterocycles. The lowest BCUT2D eigenvalue weighted by Crippen LogP contribution is -2.43. The van der Waals surface area contributed by atoms with Crippen LogP contribution in [0.4, 0.5) is 23.2 Å². The van der Waals surface area contributed by atoms with E-state index in [1.165, 1.54) is 17.0 Å². The highest BCUT2D eigenvalue weighted by Gasteiger charge is 2.38. The van der Waals surface area contributed by atoms with Crippen LogP contribution in [0.2, 0.25) is 0 Å². The van der Waals surface area contributed by atoms with E-state index in [4.69, 9.17) is 0 Å². The molecule has 0 spiro atoms. The van der Waals surface area contributed by atoms with Gasteiger partial charge < -0.3 is 14.2 Å². The second-order valence-electron chi connectivity index (χ2n) is 8.20. The molecule has 0 N–H and O–H groups in total. The van der Waals surface area contributed by atoms with Crippen molar-refractivity contribution in [3.8, 4) is 11.5 Å². The number of halogens is 4. The maximum Gasteiger partial charge on any atom is 0.470 e. The smallest absolute Gasteiger partial charge is 0.413 e. The van der Waals surface area contributed by atoms with Gasteiger partial charge in [0.2, 0.25) is 12.3 Å². The fraction of sp³-hybridized carbons (Fsp3) is 0.348. The van der Waals surface area contributed by atoms with Crippen LogP contribution in [0.1, 0.15) is 17.0 Å². The molecule has 4 rings (SSSR count). The van der Waals surface area contributed by atoms with E-state index in [-0.39, 0.29) is 17.7 Å². The minimum Gasteiger partial charge on any atom is -0.413 e. The maximum atomic E-state index is 14.7. The van der Waals surface area contributed by atoms with Gasteiger partial charge in [-0.15, -0.1) is 10.2 Å². The molecule has 2 aromatic carbocycles. The molecule has 1 aliphatic heterocycles. The van der Waals surface area contributed by atoms with Gasteiger partial charge in [0.05, 0.1) is 6.54 Å². The normalized spacial score (nSPS) is 15.4. The number of carbonyl (C=O) groups excluding carboxylic acids is 1. The zero-order valence-corrected chi connectivity index (χ0v) is 18.4. The Bertz CT molecular complexity index is 1130. The van der Waals surface area contributed by atoms with Gasteiger partial charge in [-0.3, -0.25) is 9.69 Å². The van der Waals surface area contributed by atoms with Crippen LogP contribution in [0, 0.1) is 5.82 Å². The van der Waals surface area contributed by atoms with Crippen LogP contribution in [0.25, 0.3) is 11.5 Å². The van der Waals surface area contributed by atoms with Gasteiger partial charge in [-0.1, -0.05) is 18.2 Å². The molecule has 0 saturated carbocycles. The molecule has 1 saturated heterocycles. The molecule has 7 nitrogen and oxygen atoms in total. The lowest BCUT2D eigenvalue weighted by molar-refractivity contribution is -0.156. The first-order valence-electron chi connectivity index (χ1n) is 10.6. The van der Waals surface area contributed by atoms with E-state index in [0.717, 1.165) is 44.4 Å². The van der Waals surface area contributed by atoms with Crippen LogP contribution >= 0.6 is 0 Å². The summed E-state index contributed by atoms with van der Waals surface area (Å²) in [7, 11) is 2.10. The van der Waals surface area contributed by atoms with E-state index in [9.17, 15) is 22.4 Å². The first-order valence-corrected chi connectivity index (χ1v) is 10.6. The number of aromatic nitrogens is 2. The highest BCUT2D eigenvalue weighted by atomic mass is 19.4. The zero-order chi connectivity index (χ0) is 24.3. The lowest BCUT2D eigenvalue weighted by atomic mass is 10.1. The van der Waals surface area contributed by atoms with Crippen LogP contribution in [-0.4, -0.2) is 59.6 Å². The predicted molar refractivity (Wildman–Crippen MR) is 116 cm³/mol. The number of benzene rings is 2. The fourth-order valence-electron chi connectivity index (χ4n) is 3.69. The Morgan fingerprint density at radius 1 is 1.06 bits per heavy atom. The van der Waals surface area contributed by atoms with Crippen molar-refractivity contribution in [2.75, 3.05) is 38.1 Å². The number of piperazine rings is 1. The molecule has 11 heteroatoms. The van der Waals surface area contributed by atoms with Crippen molar-refractivity contribution in [1.82, 2.24) is 20.0 Å². The van der Waals surface area contributed by atoms with Crippen LogP contribution in [0.5, 0.6) is 0 Å². The topological polar surface area (TPSA) is 65.7 Å². The number of anilines is 1. The molecule has 34 heavy (non-hydrogen) atoms. The summed E-state index contributed by atoms with van der Waals surface area (Å²) in [5, 5.41) is 6.27. The first kappa shape index (κ1) is 23.8. The van der Waals surface area contributed by atoms with Crippen molar-refractivity contribution < 1.29 is 26.8 Å². The first-order chi connectivity index (χ1) is 16.2. The maximum absolute atomic E-state index is 14.7. The van der Waals surface area contributed by atoms with E-state index in [0.29, 0.717) is 12.1 Å². The Labute approximate surface area is 193 Å². The zero-order valence-electron chi connectivity index (χ0n) is 18.4. The van der Waals surface area contributed by atoms with Crippen molar-refractivity contribution in [2.45, 2.75) is 19.3 Å². The Balaban J connectivity index is 1.43. The summed E-state index contributed by atoms with van der Waals surface area (Å²) >= 11 is 0. The highest BCUT2D eigenvalue weighted by molar-refractivity contribution is 5.75. The summed E-state index contributed by atoms with van der Waals surface area (Å²) in [5.41, 5.74) is 1.92. The fourth-order valence-corrected chi connectivity index (χ4v) is 3.69. The minimum absolute atomic E-state index is 0.00941. The summed E-state index contributed by atoms with van der Waals surface area (Å²) < 4.78 is 57.2. The van der Waals surface area contributed by atoms with E-state index in [2.05, 4.69) is 31.5 Å². The van der Waals surface area contributed by atoms with Gasteiger partial charge in [0, 0.05) is 49.5 Å². The second-order valence-corrected chi connectivity index (χ2v) is 8.20. The molecular weight excluding hydrogens is 454 g/mol. The van der Waals surface area contributed by atoms with Gasteiger partial charge in [-0.05, 0) is 36.9 Å². The van der Waals surface area contributed by atoms with E-state index in [1.807, 2.05) is 24.3 Å². The van der Waals surface area contributed by atoms with Crippen LogP contribution in [-0.2, 0) is 24.1 Å². The number of nitrogens with zero attached hydrogens (tertiary/aromatic N) is 5. The van der Waals surface area contributed by atoms with Crippen LogP contribution in [0.15, 0.2) is 46.9 Å². The standard InChI is InChI=1S/C23H23F4N5O2/c1-30-8-10-31(11-9-30)13-16-2-6-19(7-3-16)32(15-33)14-18-5-4-17(12-20(18)24)21-28-29-22(34-21)23(25,26)27/h2-7,12,15H,8-11,13-14H2,1H3. The quantitative estimate of drug-likeness (QED) is 0.381. The summed E-state index contributed by atoms with van der Waals surface area (Å²) in [6.07, 6.45) is -4.18. The number of hydrogen-bond donors (Lipinski definition) is 0. The molecule has 3 aromatic rings. The molecule has 1 fully saturated rings. The number of rotatable bonds is 7. The molecular formula is C23H23F4N5O2. The summed E-state index contributed by atoms with van der Waals surface area (Å²) in [5.74, 6) is -2.65. The third-order valence-electron chi connectivity index (χ3n) is 5.71. The molecule has 0 bridgehead atoms. The largest absolute Gasteiger partial charge is 0.470 e. The number of carbonyl (C=O) groups is 1. The number of likely N-dealkylation sites (N-methyl/N-ethyl adjacent to an activating group) is 1. The molecule has 0 unspecified atom stereocenters. The summed E-state index contributed by atoms with van der Waals surface area (Å²) in [6.45, 7) is 4.81. The second kappa shape index (κ2) is 9.90. The van der Waals surface area contributed by atoms with Crippen molar-refractivity contribution in [3.05, 3.63) is 65.3 Å². The monoisotopic (exact) mass is 477 g/mol. The molecule has 0 atom stereocenters. The molecule has 1 aliphatic rings. The Hall–Kier alpha value is -3.31. The molecule has 180 valence electrons. The average Bonchev–Trinajstić information content (AvgIpc) is 3.32. The van der Waals surface area contributed by atoms with Gasteiger partial charge >= 0.3 is 12.1 Å². The lowest BCUT2D eigenvalue weighted by Gasteiger charge is -2.32. The third-order valence-corrected chi connectivity index (χ3v) is 5.71. The minimum atomic E-state index is -4.78. The van der Waals surface area contributed by atoms with E-state index >= 15 is 0 Å². The van der Waals surface area contributed by atoms with Gasteiger partial charge in [0.25, 0.3) is 0 Å². The Kier molecular flexibility index (Phi) is 6.94. The van der Waals surface area contributed by atoms with E-state index < -0.39 is 23.8 Å². The molecule has 0 aliphatic carbocycles. The van der Waals surface area contributed by atoms with Crippen LogP contribution in [0.3, 0.4) is 0 Å². The van der Waals surface area contributed by atoms with Gasteiger partial charge in [0.1, 0.15) is 5.82 Å². The van der Waals surface area contributed by atoms with Gasteiger partial charge in [-0.25, -0.2) is 4.39 Å². The Morgan fingerprint density at radius 2 is 1.76 bits per heavy atom. The molecule has 0 radical (unpaired) electrons. The van der Waals surface area contributed by atoms with Crippen molar-refractivity contribution in [1.29, 1.82) is 0 Å². The highest BCUT2D eigenvalue weighted by Crippen LogP contribution is 2.31. The SMILES string of the molecule is CN1CCN(Cc2ccc(N(C=O)Cc3ccc(-c4nnc(C(F)(F)F)o4)cc3F)cc2)CC1. The van der Waals surface area contributed by atoms with Crippen molar-refractivity contribution in [3.63, 3.8) is 0 Å². The predicted octanol–water partition coefficient (Wildman–Crippen LogP) is 3.80. The molecule has 1 amide bonds. The van der Waals surface area contributed by atoms with Crippen LogP contribution < -0.4 is 4.90 Å².